The largest absolute Gasteiger partial charge is 0.306 e. The first-order valence-electron chi connectivity index (χ1n) is 4.87. The number of imidazole rings is 1. The molecule has 3 aromatic rings. The van der Waals surface area contributed by atoms with E-state index in [0.29, 0.717) is 5.56 Å². The maximum atomic E-state index is 13.0. The summed E-state index contributed by atoms with van der Waals surface area (Å²) in [5.41, 5.74) is 2.24. The number of fused-ring (bicyclic) bond motifs is 1. The van der Waals surface area contributed by atoms with Crippen LogP contribution in [0.1, 0.15) is 0 Å². The molecule has 0 N–H and O–H groups in total. The second-order valence-electron chi connectivity index (χ2n) is 3.48. The lowest BCUT2D eigenvalue weighted by Gasteiger charge is -1.93. The molecular weight excluding hydrogens is 205 g/mol. The van der Waals surface area contributed by atoms with E-state index in [4.69, 9.17) is 0 Å². The van der Waals surface area contributed by atoms with E-state index in [1.54, 1.807) is 6.20 Å². The topological polar surface area (TPSA) is 30.2 Å². The van der Waals surface area contributed by atoms with Crippen LogP contribution >= 0.6 is 0 Å². The van der Waals surface area contributed by atoms with Crippen molar-refractivity contribution in [3.8, 4) is 11.3 Å². The van der Waals surface area contributed by atoms with Crippen LogP contribution in [-0.4, -0.2) is 14.4 Å². The zero-order valence-electron chi connectivity index (χ0n) is 8.34. The van der Waals surface area contributed by atoms with Crippen LogP contribution in [-0.2, 0) is 0 Å². The maximum Gasteiger partial charge on any atom is 0.142 e. The summed E-state index contributed by atoms with van der Waals surface area (Å²) in [6, 6.07) is 7.16. The highest BCUT2D eigenvalue weighted by atomic mass is 19.1. The molecule has 3 nitrogen and oxygen atoms in total. The third-order valence-corrected chi connectivity index (χ3v) is 2.36. The molecule has 16 heavy (non-hydrogen) atoms. The van der Waals surface area contributed by atoms with Gasteiger partial charge in [-0.2, -0.15) is 0 Å². The van der Waals surface area contributed by atoms with Gasteiger partial charge in [-0.15, -0.1) is 0 Å². The van der Waals surface area contributed by atoms with Gasteiger partial charge in [-0.3, -0.25) is 4.98 Å². The Morgan fingerprint density at radius 3 is 2.94 bits per heavy atom. The molecule has 0 unspecified atom stereocenters. The predicted octanol–water partition coefficient (Wildman–Crippen LogP) is 2.54. The number of nitrogens with zero attached hydrogens (tertiary/aromatic N) is 3. The molecule has 3 rings (SSSR count). The number of halogens is 1. The third kappa shape index (κ3) is 1.44. The summed E-state index contributed by atoms with van der Waals surface area (Å²) in [6.07, 6.45) is 6.54. The van der Waals surface area contributed by atoms with Crippen LogP contribution < -0.4 is 0 Å². The number of hydrogen-bond donors (Lipinski definition) is 0. The summed E-state index contributed by atoms with van der Waals surface area (Å²) >= 11 is 0. The van der Waals surface area contributed by atoms with Crippen molar-refractivity contribution >= 4 is 5.65 Å². The number of aromatic nitrogens is 3. The van der Waals surface area contributed by atoms with Crippen LogP contribution in [0.25, 0.3) is 16.9 Å². The standard InChI is InChI=1S/C12H8FN3/c13-10-5-9(6-14-7-10)11-8-16-4-2-1-3-12(16)15-11/h1-8H. The predicted molar refractivity (Wildman–Crippen MR) is 58.4 cm³/mol. The van der Waals surface area contributed by atoms with Crippen molar-refractivity contribution in [2.75, 3.05) is 0 Å². The molecule has 0 spiro atoms. The summed E-state index contributed by atoms with van der Waals surface area (Å²) in [5.74, 6) is -0.352. The van der Waals surface area contributed by atoms with E-state index in [1.807, 2.05) is 35.0 Å². The first-order chi connectivity index (χ1) is 7.83. The smallest absolute Gasteiger partial charge is 0.142 e. The lowest BCUT2D eigenvalue weighted by Crippen LogP contribution is -1.82. The van der Waals surface area contributed by atoms with Gasteiger partial charge in [0, 0.05) is 24.2 Å². The summed E-state index contributed by atoms with van der Waals surface area (Å²) in [4.78, 5) is 8.19. The number of rotatable bonds is 1. The Labute approximate surface area is 91.2 Å². The van der Waals surface area contributed by atoms with E-state index in [1.165, 1.54) is 12.3 Å². The van der Waals surface area contributed by atoms with Crippen molar-refractivity contribution < 1.29 is 4.39 Å². The Bertz CT molecular complexity index is 612. The Morgan fingerprint density at radius 2 is 2.12 bits per heavy atom. The molecule has 0 radical (unpaired) electrons. The summed E-state index contributed by atoms with van der Waals surface area (Å²) in [5, 5.41) is 0. The molecule has 0 aliphatic carbocycles. The lowest BCUT2D eigenvalue weighted by molar-refractivity contribution is 0.622. The molecule has 0 saturated heterocycles. The van der Waals surface area contributed by atoms with Gasteiger partial charge in [-0.25, -0.2) is 9.37 Å². The zero-order chi connectivity index (χ0) is 11.0. The summed E-state index contributed by atoms with van der Waals surface area (Å²) < 4.78 is 14.9. The average Bonchev–Trinajstić information content (AvgIpc) is 2.72. The Hall–Kier alpha value is -2.23. The minimum Gasteiger partial charge on any atom is -0.306 e. The molecule has 78 valence electrons. The normalized spacial score (nSPS) is 10.8. The highest BCUT2D eigenvalue weighted by Crippen LogP contribution is 2.18. The minimum atomic E-state index is -0.352. The molecule has 0 fully saturated rings. The zero-order valence-corrected chi connectivity index (χ0v) is 8.34. The quantitative estimate of drug-likeness (QED) is 0.621. The Balaban J connectivity index is 2.19. The van der Waals surface area contributed by atoms with E-state index in [-0.39, 0.29) is 5.82 Å². The van der Waals surface area contributed by atoms with Crippen LogP contribution in [0.15, 0.2) is 49.1 Å². The van der Waals surface area contributed by atoms with Gasteiger partial charge >= 0.3 is 0 Å². The first kappa shape index (κ1) is 9.03. The van der Waals surface area contributed by atoms with Crippen molar-refractivity contribution in [3.05, 3.63) is 54.9 Å². The van der Waals surface area contributed by atoms with Crippen molar-refractivity contribution in [1.82, 2.24) is 14.4 Å². The van der Waals surface area contributed by atoms with Crippen LogP contribution in [0.5, 0.6) is 0 Å². The van der Waals surface area contributed by atoms with Gasteiger partial charge in [-0.1, -0.05) is 6.07 Å². The van der Waals surface area contributed by atoms with Gasteiger partial charge in [0.2, 0.25) is 0 Å². The van der Waals surface area contributed by atoms with E-state index in [9.17, 15) is 4.39 Å². The van der Waals surface area contributed by atoms with Gasteiger partial charge < -0.3 is 4.40 Å². The Kier molecular flexibility index (Phi) is 1.93. The molecule has 0 aliphatic rings. The molecule has 0 aromatic carbocycles. The highest BCUT2D eigenvalue weighted by Gasteiger charge is 2.04. The molecule has 4 heteroatoms. The molecule has 0 atom stereocenters. The Morgan fingerprint density at radius 1 is 1.19 bits per heavy atom. The van der Waals surface area contributed by atoms with Crippen LogP contribution in [0.4, 0.5) is 4.39 Å². The van der Waals surface area contributed by atoms with Crippen LogP contribution in [0.3, 0.4) is 0 Å². The highest BCUT2D eigenvalue weighted by molar-refractivity contribution is 5.61. The molecule has 3 aromatic heterocycles. The lowest BCUT2D eigenvalue weighted by atomic mass is 10.2. The molecule has 0 aliphatic heterocycles. The fraction of sp³-hybridized carbons (Fsp3) is 0. The van der Waals surface area contributed by atoms with Gasteiger partial charge in [-0.05, 0) is 18.2 Å². The van der Waals surface area contributed by atoms with E-state index < -0.39 is 0 Å². The maximum absolute atomic E-state index is 13.0. The molecule has 0 bridgehead atoms. The second-order valence-corrected chi connectivity index (χ2v) is 3.48. The van der Waals surface area contributed by atoms with Crippen molar-refractivity contribution in [2.45, 2.75) is 0 Å². The fourth-order valence-electron chi connectivity index (χ4n) is 1.63. The third-order valence-electron chi connectivity index (χ3n) is 2.36. The minimum absolute atomic E-state index is 0.352. The monoisotopic (exact) mass is 213 g/mol. The molecule has 0 amide bonds. The number of pyridine rings is 2. The first-order valence-corrected chi connectivity index (χ1v) is 4.87. The van der Waals surface area contributed by atoms with Crippen LogP contribution in [0, 0.1) is 5.82 Å². The number of hydrogen-bond acceptors (Lipinski definition) is 2. The van der Waals surface area contributed by atoms with E-state index >= 15 is 0 Å². The molecule has 3 heterocycles. The molecular formula is C12H8FN3. The average molecular weight is 213 g/mol. The van der Waals surface area contributed by atoms with Crippen molar-refractivity contribution in [1.29, 1.82) is 0 Å². The fourth-order valence-corrected chi connectivity index (χ4v) is 1.63. The summed E-state index contributed by atoms with van der Waals surface area (Å²) in [7, 11) is 0. The second kappa shape index (κ2) is 3.41. The van der Waals surface area contributed by atoms with Gasteiger partial charge in [0.1, 0.15) is 11.5 Å². The van der Waals surface area contributed by atoms with E-state index in [0.717, 1.165) is 11.3 Å². The van der Waals surface area contributed by atoms with Gasteiger partial charge in [0.05, 0.1) is 11.9 Å². The van der Waals surface area contributed by atoms with Crippen molar-refractivity contribution in [3.63, 3.8) is 0 Å². The van der Waals surface area contributed by atoms with Gasteiger partial charge in [0.25, 0.3) is 0 Å². The molecule has 0 saturated carbocycles. The van der Waals surface area contributed by atoms with Crippen molar-refractivity contribution in [2.24, 2.45) is 0 Å². The SMILES string of the molecule is Fc1cncc(-c2cn3ccccc3n2)c1. The van der Waals surface area contributed by atoms with E-state index in [2.05, 4.69) is 9.97 Å². The van der Waals surface area contributed by atoms with Crippen LogP contribution in [0.2, 0.25) is 0 Å². The summed E-state index contributed by atoms with van der Waals surface area (Å²) in [6.45, 7) is 0. The van der Waals surface area contributed by atoms with Gasteiger partial charge in [0.15, 0.2) is 0 Å².